The summed E-state index contributed by atoms with van der Waals surface area (Å²) in [5.74, 6) is -0.241. The van der Waals surface area contributed by atoms with E-state index in [2.05, 4.69) is 31.2 Å². The van der Waals surface area contributed by atoms with Gasteiger partial charge in [-0.25, -0.2) is 4.79 Å². The van der Waals surface area contributed by atoms with E-state index < -0.39 is 6.04 Å². The Morgan fingerprint density at radius 3 is 2.50 bits per heavy atom. The molecule has 1 aliphatic rings. The highest BCUT2D eigenvalue weighted by molar-refractivity contribution is 5.84. The third kappa shape index (κ3) is 4.09. The lowest BCUT2D eigenvalue weighted by Crippen LogP contribution is -2.48. The summed E-state index contributed by atoms with van der Waals surface area (Å²) in [6, 6.07) is 7.99. The van der Waals surface area contributed by atoms with Gasteiger partial charge in [0.15, 0.2) is 0 Å². The number of esters is 1. The molecule has 1 unspecified atom stereocenters. The molecule has 0 N–H and O–H groups in total. The zero-order valence-corrected chi connectivity index (χ0v) is 13.5. The first-order valence-corrected chi connectivity index (χ1v) is 8.10. The van der Waals surface area contributed by atoms with Crippen molar-refractivity contribution in [1.29, 1.82) is 0 Å². The Morgan fingerprint density at radius 2 is 1.86 bits per heavy atom. The first kappa shape index (κ1) is 16.5. The predicted molar refractivity (Wildman–Crippen MR) is 85.5 cm³/mol. The van der Waals surface area contributed by atoms with Gasteiger partial charge in [-0.3, -0.25) is 4.79 Å². The monoisotopic (exact) mass is 303 g/mol. The van der Waals surface area contributed by atoms with Gasteiger partial charge in [-0.2, -0.15) is 0 Å². The van der Waals surface area contributed by atoms with Crippen LogP contribution in [0.2, 0.25) is 0 Å². The minimum Gasteiger partial charge on any atom is -0.467 e. The molecule has 2 rings (SSSR count). The maximum absolute atomic E-state index is 12.4. The highest BCUT2D eigenvalue weighted by atomic mass is 16.5. The quantitative estimate of drug-likeness (QED) is 0.786. The van der Waals surface area contributed by atoms with Crippen LogP contribution in [0.3, 0.4) is 0 Å². The van der Waals surface area contributed by atoms with Crippen molar-refractivity contribution in [3.8, 4) is 0 Å². The molecule has 120 valence electrons. The summed E-state index contributed by atoms with van der Waals surface area (Å²) in [6.45, 7) is 2.79. The van der Waals surface area contributed by atoms with E-state index in [-0.39, 0.29) is 11.9 Å². The van der Waals surface area contributed by atoms with E-state index >= 15 is 0 Å². The molecular weight excluding hydrogens is 278 g/mol. The van der Waals surface area contributed by atoms with Gasteiger partial charge >= 0.3 is 5.97 Å². The number of carbonyl (C=O) groups is 2. The van der Waals surface area contributed by atoms with E-state index in [0.29, 0.717) is 25.8 Å². The number of piperidine rings is 1. The molecule has 4 heteroatoms. The van der Waals surface area contributed by atoms with Gasteiger partial charge in [0.2, 0.25) is 5.91 Å². The number of aryl methyl sites for hydroxylation is 2. The highest BCUT2D eigenvalue weighted by Crippen LogP contribution is 2.20. The van der Waals surface area contributed by atoms with Crippen molar-refractivity contribution in [3.63, 3.8) is 0 Å². The third-order valence-corrected chi connectivity index (χ3v) is 4.36. The third-order valence-electron chi connectivity index (χ3n) is 4.36. The molecule has 1 atom stereocenters. The number of benzene rings is 1. The number of rotatable bonds is 5. The van der Waals surface area contributed by atoms with Crippen LogP contribution < -0.4 is 0 Å². The topological polar surface area (TPSA) is 46.6 Å². The average Bonchev–Trinajstić information content (AvgIpc) is 2.59. The van der Waals surface area contributed by atoms with Crippen LogP contribution in [0.15, 0.2) is 24.3 Å². The average molecular weight is 303 g/mol. The van der Waals surface area contributed by atoms with Crippen molar-refractivity contribution in [2.45, 2.75) is 51.5 Å². The molecule has 1 aliphatic heterocycles. The lowest BCUT2D eigenvalue weighted by atomic mass is 10.0. The number of ether oxygens (including phenoxy) is 1. The Kier molecular flexibility index (Phi) is 5.99. The Morgan fingerprint density at radius 1 is 1.18 bits per heavy atom. The molecule has 4 nitrogen and oxygen atoms in total. The summed E-state index contributed by atoms with van der Waals surface area (Å²) in [5.41, 5.74) is 2.47. The summed E-state index contributed by atoms with van der Waals surface area (Å²) < 4.78 is 4.83. The molecule has 0 spiro atoms. The molecule has 22 heavy (non-hydrogen) atoms. The molecule has 1 heterocycles. The number of hydrogen-bond donors (Lipinski definition) is 0. The summed E-state index contributed by atoms with van der Waals surface area (Å²) in [6.07, 6.45) is 4.83. The fourth-order valence-electron chi connectivity index (χ4n) is 2.95. The number of carbonyl (C=O) groups excluding carboxylic acids is 2. The van der Waals surface area contributed by atoms with Crippen molar-refractivity contribution in [2.75, 3.05) is 13.7 Å². The Labute approximate surface area is 132 Å². The van der Waals surface area contributed by atoms with Gasteiger partial charge in [0.05, 0.1) is 7.11 Å². The molecule has 1 fully saturated rings. The van der Waals surface area contributed by atoms with Crippen LogP contribution in [0.1, 0.15) is 43.7 Å². The molecule has 1 amide bonds. The van der Waals surface area contributed by atoms with Crippen LogP contribution in [0.5, 0.6) is 0 Å². The molecule has 0 aromatic heterocycles. The van der Waals surface area contributed by atoms with E-state index in [1.54, 1.807) is 4.90 Å². The molecule has 0 radical (unpaired) electrons. The predicted octanol–water partition coefficient (Wildman–Crippen LogP) is 2.74. The van der Waals surface area contributed by atoms with E-state index in [1.807, 2.05) is 0 Å². The number of nitrogens with zero attached hydrogens (tertiary/aromatic N) is 1. The summed E-state index contributed by atoms with van der Waals surface area (Å²) >= 11 is 0. The van der Waals surface area contributed by atoms with Crippen molar-refractivity contribution in [3.05, 3.63) is 35.4 Å². The maximum atomic E-state index is 12.4. The SMILES string of the molecule is CCc1ccc(CCC(=O)N2CCCCC2C(=O)OC)cc1. The summed E-state index contributed by atoms with van der Waals surface area (Å²) in [5, 5.41) is 0. The molecule has 1 aromatic carbocycles. The van der Waals surface area contributed by atoms with Gasteiger partial charge < -0.3 is 9.64 Å². The first-order valence-electron chi connectivity index (χ1n) is 8.10. The van der Waals surface area contributed by atoms with Crippen molar-refractivity contribution >= 4 is 11.9 Å². The second-order valence-electron chi connectivity index (χ2n) is 5.79. The van der Waals surface area contributed by atoms with Gasteiger partial charge in [0.1, 0.15) is 6.04 Å². The molecule has 0 bridgehead atoms. The molecule has 1 aromatic rings. The number of amides is 1. The standard InChI is InChI=1S/C18H25NO3/c1-3-14-7-9-15(10-8-14)11-12-17(20)19-13-5-4-6-16(19)18(21)22-2/h7-10,16H,3-6,11-13H2,1-2H3. The van der Waals surface area contributed by atoms with Crippen LogP contribution >= 0.6 is 0 Å². The zero-order chi connectivity index (χ0) is 15.9. The van der Waals surface area contributed by atoms with E-state index in [1.165, 1.54) is 12.7 Å². The van der Waals surface area contributed by atoms with Crippen LogP contribution in [0, 0.1) is 0 Å². The number of hydrogen-bond acceptors (Lipinski definition) is 3. The molecule has 0 aliphatic carbocycles. The first-order chi connectivity index (χ1) is 10.7. The largest absolute Gasteiger partial charge is 0.467 e. The summed E-state index contributed by atoms with van der Waals surface area (Å²) in [4.78, 5) is 26.0. The van der Waals surface area contributed by atoms with Gasteiger partial charge in [-0.15, -0.1) is 0 Å². The fourth-order valence-corrected chi connectivity index (χ4v) is 2.95. The number of likely N-dealkylation sites (tertiary alicyclic amines) is 1. The number of methoxy groups -OCH3 is 1. The minimum atomic E-state index is -0.395. The van der Waals surface area contributed by atoms with Gasteiger partial charge in [-0.05, 0) is 43.2 Å². The van der Waals surface area contributed by atoms with Gasteiger partial charge in [0, 0.05) is 13.0 Å². The molecule has 0 saturated carbocycles. The summed E-state index contributed by atoms with van der Waals surface area (Å²) in [7, 11) is 1.38. The van der Waals surface area contributed by atoms with Gasteiger partial charge in [-0.1, -0.05) is 31.2 Å². The maximum Gasteiger partial charge on any atom is 0.328 e. The van der Waals surface area contributed by atoms with Crippen LogP contribution in [-0.2, 0) is 27.2 Å². The van der Waals surface area contributed by atoms with Crippen molar-refractivity contribution < 1.29 is 14.3 Å². The van der Waals surface area contributed by atoms with Crippen molar-refractivity contribution in [1.82, 2.24) is 4.90 Å². The van der Waals surface area contributed by atoms with E-state index in [0.717, 1.165) is 24.8 Å². The zero-order valence-electron chi connectivity index (χ0n) is 13.5. The normalized spacial score (nSPS) is 18.1. The molecular formula is C18H25NO3. The fraction of sp³-hybridized carbons (Fsp3) is 0.556. The second-order valence-corrected chi connectivity index (χ2v) is 5.79. The van der Waals surface area contributed by atoms with Crippen LogP contribution in [-0.4, -0.2) is 36.5 Å². The van der Waals surface area contributed by atoms with E-state index in [9.17, 15) is 9.59 Å². The van der Waals surface area contributed by atoms with Gasteiger partial charge in [0.25, 0.3) is 0 Å². The Balaban J connectivity index is 1.93. The lowest BCUT2D eigenvalue weighted by molar-refractivity contribution is -0.154. The Hall–Kier alpha value is -1.84. The molecule has 1 saturated heterocycles. The van der Waals surface area contributed by atoms with Crippen LogP contribution in [0.4, 0.5) is 0 Å². The smallest absolute Gasteiger partial charge is 0.328 e. The second kappa shape index (κ2) is 7.97. The van der Waals surface area contributed by atoms with E-state index in [4.69, 9.17) is 4.74 Å². The minimum absolute atomic E-state index is 0.0506. The van der Waals surface area contributed by atoms with Crippen molar-refractivity contribution in [2.24, 2.45) is 0 Å². The highest BCUT2D eigenvalue weighted by Gasteiger charge is 2.32. The Bertz CT molecular complexity index is 510. The van der Waals surface area contributed by atoms with Crippen LogP contribution in [0.25, 0.3) is 0 Å². The lowest BCUT2D eigenvalue weighted by Gasteiger charge is -2.33.